The third-order valence-corrected chi connectivity index (χ3v) is 2.32. The maximum atomic E-state index is 10.9. The number of carbonyl (C=O) groups excluding carboxylic acids is 1. The molecule has 1 aromatic carbocycles. The Morgan fingerprint density at radius 3 is 2.60 bits per heavy atom. The minimum Gasteiger partial charge on any atom is -0.298 e. The van der Waals surface area contributed by atoms with Crippen LogP contribution in [0.15, 0.2) is 42.6 Å². The van der Waals surface area contributed by atoms with Crippen LogP contribution in [0.4, 0.5) is 0 Å². The predicted octanol–water partition coefficient (Wildman–Crippen LogP) is 3.21. The fourth-order valence-corrected chi connectivity index (χ4v) is 1.57. The van der Waals surface area contributed by atoms with Gasteiger partial charge in [0.2, 0.25) is 0 Å². The van der Waals surface area contributed by atoms with Gasteiger partial charge >= 0.3 is 0 Å². The molecule has 0 amide bonds. The minimum absolute atomic E-state index is 0.330. The molecule has 0 aliphatic rings. The molecule has 15 heavy (non-hydrogen) atoms. The van der Waals surface area contributed by atoms with Gasteiger partial charge in [-0.25, -0.2) is 4.98 Å². The average molecular weight is 218 g/mol. The van der Waals surface area contributed by atoms with Gasteiger partial charge in [-0.3, -0.25) is 4.79 Å². The highest BCUT2D eigenvalue weighted by atomic mass is 35.5. The molecule has 2 nitrogen and oxygen atoms in total. The molecule has 0 unspecified atom stereocenters. The molecule has 1 heterocycles. The Kier molecular flexibility index (Phi) is 2.79. The number of aldehydes is 1. The second-order valence-corrected chi connectivity index (χ2v) is 3.47. The van der Waals surface area contributed by atoms with E-state index in [0.29, 0.717) is 10.7 Å². The molecule has 0 fully saturated rings. The zero-order valence-electron chi connectivity index (χ0n) is 7.85. The van der Waals surface area contributed by atoms with Crippen LogP contribution in [-0.4, -0.2) is 11.3 Å². The van der Waals surface area contributed by atoms with Crippen molar-refractivity contribution in [3.8, 4) is 11.1 Å². The first-order valence-electron chi connectivity index (χ1n) is 4.47. The third kappa shape index (κ3) is 2.05. The lowest BCUT2D eigenvalue weighted by Crippen LogP contribution is -1.89. The topological polar surface area (TPSA) is 30.0 Å². The van der Waals surface area contributed by atoms with Crippen LogP contribution in [0, 0.1) is 0 Å². The normalized spacial score (nSPS) is 9.93. The van der Waals surface area contributed by atoms with Crippen molar-refractivity contribution in [3.63, 3.8) is 0 Å². The third-order valence-electron chi connectivity index (χ3n) is 2.11. The van der Waals surface area contributed by atoms with E-state index in [4.69, 9.17) is 11.6 Å². The van der Waals surface area contributed by atoms with Crippen molar-refractivity contribution in [3.05, 3.63) is 53.3 Å². The van der Waals surface area contributed by atoms with E-state index in [2.05, 4.69) is 4.98 Å². The summed E-state index contributed by atoms with van der Waals surface area (Å²) in [5.74, 6) is 0. The summed E-state index contributed by atoms with van der Waals surface area (Å²) in [6.45, 7) is 0. The van der Waals surface area contributed by atoms with E-state index in [1.807, 2.05) is 30.3 Å². The Bertz CT molecular complexity index is 482. The van der Waals surface area contributed by atoms with Crippen LogP contribution in [0.5, 0.6) is 0 Å². The van der Waals surface area contributed by atoms with Crippen molar-refractivity contribution >= 4 is 17.9 Å². The van der Waals surface area contributed by atoms with Gasteiger partial charge in [0.15, 0.2) is 6.29 Å². The summed E-state index contributed by atoms with van der Waals surface area (Å²) in [5.41, 5.74) is 2.32. The fraction of sp³-hybridized carbons (Fsp3) is 0. The largest absolute Gasteiger partial charge is 0.298 e. The summed E-state index contributed by atoms with van der Waals surface area (Å²) in [6, 6.07) is 11.2. The Hall–Kier alpha value is -1.67. The number of halogens is 1. The number of rotatable bonds is 2. The molecule has 2 rings (SSSR count). The number of pyridine rings is 1. The fourth-order valence-electron chi connectivity index (χ4n) is 1.40. The molecular formula is C12H8ClNO. The van der Waals surface area contributed by atoms with E-state index in [0.717, 1.165) is 17.4 Å². The van der Waals surface area contributed by atoms with E-state index in [1.165, 1.54) is 0 Å². The Morgan fingerprint density at radius 1 is 1.20 bits per heavy atom. The van der Waals surface area contributed by atoms with Crippen molar-refractivity contribution in [2.75, 3.05) is 0 Å². The summed E-state index contributed by atoms with van der Waals surface area (Å²) >= 11 is 5.71. The average Bonchev–Trinajstić information content (AvgIpc) is 2.30. The first-order chi connectivity index (χ1) is 7.31. The number of benzene rings is 1. The molecular weight excluding hydrogens is 210 g/mol. The molecule has 0 N–H and O–H groups in total. The van der Waals surface area contributed by atoms with Crippen LogP contribution in [0.1, 0.15) is 10.4 Å². The zero-order chi connectivity index (χ0) is 10.7. The molecule has 1 aromatic heterocycles. The zero-order valence-corrected chi connectivity index (χ0v) is 8.61. The SMILES string of the molecule is O=Cc1cc(Cl)ncc1-c1ccccc1. The molecule has 0 bridgehead atoms. The number of hydrogen-bond acceptors (Lipinski definition) is 2. The molecule has 74 valence electrons. The minimum atomic E-state index is 0.330. The van der Waals surface area contributed by atoms with Crippen LogP contribution >= 0.6 is 11.6 Å². The number of carbonyl (C=O) groups is 1. The van der Waals surface area contributed by atoms with Crippen molar-refractivity contribution in [2.45, 2.75) is 0 Å². The molecule has 0 saturated heterocycles. The molecule has 2 aromatic rings. The van der Waals surface area contributed by atoms with Crippen molar-refractivity contribution in [2.24, 2.45) is 0 Å². The first kappa shape index (κ1) is 9.87. The van der Waals surface area contributed by atoms with E-state index in [1.54, 1.807) is 12.3 Å². The number of hydrogen-bond donors (Lipinski definition) is 0. The highest BCUT2D eigenvalue weighted by molar-refractivity contribution is 6.29. The molecule has 0 spiro atoms. The van der Waals surface area contributed by atoms with Gasteiger partial charge in [0.25, 0.3) is 0 Å². The van der Waals surface area contributed by atoms with Crippen LogP contribution in [0.3, 0.4) is 0 Å². The predicted molar refractivity (Wildman–Crippen MR) is 60.1 cm³/mol. The maximum absolute atomic E-state index is 10.9. The summed E-state index contributed by atoms with van der Waals surface area (Å²) in [6.07, 6.45) is 2.40. The second kappa shape index (κ2) is 4.24. The van der Waals surface area contributed by atoms with Gasteiger partial charge in [-0.2, -0.15) is 0 Å². The van der Waals surface area contributed by atoms with Gasteiger partial charge in [0.1, 0.15) is 5.15 Å². The van der Waals surface area contributed by atoms with Gasteiger partial charge in [-0.1, -0.05) is 41.9 Å². The highest BCUT2D eigenvalue weighted by Crippen LogP contribution is 2.23. The van der Waals surface area contributed by atoms with E-state index in [9.17, 15) is 4.79 Å². The maximum Gasteiger partial charge on any atom is 0.150 e. The summed E-state index contributed by atoms with van der Waals surface area (Å²) < 4.78 is 0. The van der Waals surface area contributed by atoms with Gasteiger partial charge in [0.05, 0.1) is 0 Å². The van der Waals surface area contributed by atoms with E-state index < -0.39 is 0 Å². The van der Waals surface area contributed by atoms with E-state index in [-0.39, 0.29) is 0 Å². The van der Waals surface area contributed by atoms with Crippen LogP contribution in [0.2, 0.25) is 5.15 Å². The summed E-state index contributed by atoms with van der Waals surface area (Å²) in [5, 5.41) is 0.330. The number of nitrogens with zero attached hydrogens (tertiary/aromatic N) is 1. The Labute approximate surface area is 92.5 Å². The molecule has 0 atom stereocenters. The van der Waals surface area contributed by atoms with Crippen molar-refractivity contribution in [1.29, 1.82) is 0 Å². The van der Waals surface area contributed by atoms with Crippen LogP contribution < -0.4 is 0 Å². The van der Waals surface area contributed by atoms with Crippen LogP contribution in [0.25, 0.3) is 11.1 Å². The standard InChI is InChI=1S/C12H8ClNO/c13-12-6-10(8-15)11(7-14-12)9-4-2-1-3-5-9/h1-8H. The Morgan fingerprint density at radius 2 is 1.93 bits per heavy atom. The number of aromatic nitrogens is 1. The molecule has 0 radical (unpaired) electrons. The smallest absolute Gasteiger partial charge is 0.150 e. The van der Waals surface area contributed by atoms with Crippen molar-refractivity contribution < 1.29 is 4.79 Å². The monoisotopic (exact) mass is 217 g/mol. The highest BCUT2D eigenvalue weighted by Gasteiger charge is 2.05. The second-order valence-electron chi connectivity index (χ2n) is 3.08. The molecule has 0 saturated carbocycles. The van der Waals surface area contributed by atoms with Crippen LogP contribution in [-0.2, 0) is 0 Å². The lowest BCUT2D eigenvalue weighted by atomic mass is 10.0. The lowest BCUT2D eigenvalue weighted by Gasteiger charge is -2.04. The summed E-state index contributed by atoms with van der Waals surface area (Å²) in [7, 11) is 0. The summed E-state index contributed by atoms with van der Waals surface area (Å²) in [4.78, 5) is 14.8. The first-order valence-corrected chi connectivity index (χ1v) is 4.85. The quantitative estimate of drug-likeness (QED) is 0.571. The molecule has 3 heteroatoms. The Balaban J connectivity index is 2.58. The lowest BCUT2D eigenvalue weighted by molar-refractivity contribution is 0.112. The van der Waals surface area contributed by atoms with Gasteiger partial charge in [0, 0.05) is 17.3 Å². The van der Waals surface area contributed by atoms with Crippen molar-refractivity contribution in [1.82, 2.24) is 4.98 Å². The molecule has 0 aliphatic carbocycles. The molecule has 0 aliphatic heterocycles. The van der Waals surface area contributed by atoms with Gasteiger partial charge in [-0.05, 0) is 11.6 Å². The van der Waals surface area contributed by atoms with E-state index >= 15 is 0 Å². The van der Waals surface area contributed by atoms with Gasteiger partial charge in [-0.15, -0.1) is 0 Å². The van der Waals surface area contributed by atoms with Gasteiger partial charge < -0.3 is 0 Å².